The zero-order chi connectivity index (χ0) is 8.55. The number of aromatic nitrogens is 2. The highest BCUT2D eigenvalue weighted by atomic mass is 32.1. The first-order valence-electron chi connectivity index (χ1n) is 3.06. The monoisotopic (exact) mass is 202 g/mol. The minimum absolute atomic E-state index is 0.151. The van der Waals surface area contributed by atoms with Gasteiger partial charge in [-0.05, 0) is 23.7 Å². The van der Waals surface area contributed by atoms with E-state index in [-0.39, 0.29) is 16.5 Å². The highest BCUT2D eigenvalue weighted by Crippen LogP contribution is 2.26. The van der Waals surface area contributed by atoms with Crippen molar-refractivity contribution in [2.75, 3.05) is 0 Å². The summed E-state index contributed by atoms with van der Waals surface area (Å²) in [7, 11) is 0. The van der Waals surface area contributed by atoms with Crippen LogP contribution in [0.5, 0.6) is 0 Å². The summed E-state index contributed by atoms with van der Waals surface area (Å²) in [6.07, 6.45) is 0. The summed E-state index contributed by atoms with van der Waals surface area (Å²) in [6, 6.07) is 1.35. The third-order valence-electron chi connectivity index (χ3n) is 1.25. The zero-order valence-corrected chi connectivity index (χ0v) is 7.34. The number of nitrogens with zero attached hydrogens (tertiary/aromatic N) is 1. The fourth-order valence-electron chi connectivity index (χ4n) is 0.773. The quantitative estimate of drug-likeness (QED) is 0.723. The molecule has 0 spiro atoms. The Hall–Kier alpha value is -1.01. The molecule has 0 aromatic carbocycles. The summed E-state index contributed by atoms with van der Waals surface area (Å²) in [4.78, 5) is 0.514. The van der Waals surface area contributed by atoms with Gasteiger partial charge >= 0.3 is 0 Å². The summed E-state index contributed by atoms with van der Waals surface area (Å²) >= 11 is 5.87. The van der Waals surface area contributed by atoms with E-state index in [1.165, 1.54) is 17.4 Å². The molecule has 0 bridgehead atoms. The van der Waals surface area contributed by atoms with Crippen molar-refractivity contribution in [1.82, 2.24) is 10.2 Å². The van der Waals surface area contributed by atoms with Crippen molar-refractivity contribution in [3.05, 3.63) is 22.1 Å². The Labute approximate surface area is 75.9 Å². The van der Waals surface area contributed by atoms with Gasteiger partial charge in [0.15, 0.2) is 0 Å². The van der Waals surface area contributed by atoms with Gasteiger partial charge in [-0.15, -0.1) is 16.4 Å². The Balaban J connectivity index is 2.57. The van der Waals surface area contributed by atoms with E-state index in [0.717, 1.165) is 0 Å². The maximum absolute atomic E-state index is 12.9. The van der Waals surface area contributed by atoms with Crippen LogP contribution < -0.4 is 0 Å². The van der Waals surface area contributed by atoms with Gasteiger partial charge in [-0.1, -0.05) is 0 Å². The number of aromatic amines is 1. The first-order valence-corrected chi connectivity index (χ1v) is 4.35. The number of halogens is 1. The number of nitrogens with one attached hydrogen (secondary N) is 1. The molecule has 12 heavy (non-hydrogen) atoms. The summed E-state index contributed by atoms with van der Waals surface area (Å²) in [5.74, 6) is -0.141. The lowest BCUT2D eigenvalue weighted by molar-refractivity contribution is 0.546. The van der Waals surface area contributed by atoms with E-state index in [4.69, 9.17) is 4.42 Å². The van der Waals surface area contributed by atoms with Crippen molar-refractivity contribution in [2.24, 2.45) is 0 Å². The lowest BCUT2D eigenvalue weighted by Crippen LogP contribution is -1.75. The van der Waals surface area contributed by atoms with Crippen LogP contribution in [0.1, 0.15) is 0 Å². The minimum atomic E-state index is -0.342. The summed E-state index contributed by atoms with van der Waals surface area (Å²) in [5.41, 5.74) is 0. The smallest absolute Gasteiger partial charge is 0.284 e. The third-order valence-corrected chi connectivity index (χ3v) is 2.30. The second kappa shape index (κ2) is 2.80. The van der Waals surface area contributed by atoms with Gasteiger partial charge in [0.25, 0.3) is 10.7 Å². The Morgan fingerprint density at radius 2 is 2.50 bits per heavy atom. The molecule has 0 amide bonds. The van der Waals surface area contributed by atoms with Gasteiger partial charge in [0.2, 0.25) is 0 Å². The Kier molecular flexibility index (Phi) is 1.78. The van der Waals surface area contributed by atoms with Gasteiger partial charge in [0.05, 0.1) is 0 Å². The van der Waals surface area contributed by atoms with Crippen LogP contribution in [0.4, 0.5) is 4.39 Å². The van der Waals surface area contributed by atoms with E-state index in [0.29, 0.717) is 4.88 Å². The lowest BCUT2D eigenvalue weighted by Gasteiger charge is -1.85. The molecule has 0 fully saturated rings. The maximum Gasteiger partial charge on any atom is 0.284 e. The molecule has 0 unspecified atom stereocenters. The topological polar surface area (TPSA) is 41.8 Å². The molecule has 0 aliphatic rings. The standard InChI is InChI=1S/C6H3FN2OS2/c7-3-1-2-12-4(3)5-8-9-6(11)10-5/h1-2H,(H,9,11). The second-order valence-corrected chi connectivity index (χ2v) is 3.30. The van der Waals surface area contributed by atoms with Crippen molar-refractivity contribution in [3.8, 4) is 10.8 Å². The molecule has 2 heterocycles. The predicted octanol–water partition coefficient (Wildman–Crippen LogP) is 2.60. The van der Waals surface area contributed by atoms with E-state index >= 15 is 0 Å². The highest BCUT2D eigenvalue weighted by Gasteiger charge is 2.10. The van der Waals surface area contributed by atoms with Crippen LogP contribution in [-0.2, 0) is 0 Å². The summed E-state index contributed by atoms with van der Waals surface area (Å²) in [6.45, 7) is 0. The molecular weight excluding hydrogens is 199 g/mol. The number of hydrogen-bond donors (Lipinski definition) is 1. The van der Waals surface area contributed by atoms with E-state index in [1.54, 1.807) is 5.38 Å². The van der Waals surface area contributed by atoms with Crippen molar-refractivity contribution >= 4 is 23.6 Å². The molecule has 2 aromatic heterocycles. The van der Waals surface area contributed by atoms with Crippen molar-refractivity contribution < 1.29 is 8.81 Å². The fraction of sp³-hybridized carbons (Fsp3) is 0. The van der Waals surface area contributed by atoms with E-state index in [1.807, 2.05) is 0 Å². The molecule has 6 heteroatoms. The first kappa shape index (κ1) is 7.63. The van der Waals surface area contributed by atoms with E-state index in [9.17, 15) is 4.39 Å². The van der Waals surface area contributed by atoms with Gasteiger partial charge in [0.1, 0.15) is 10.7 Å². The van der Waals surface area contributed by atoms with Crippen molar-refractivity contribution in [1.29, 1.82) is 0 Å². The summed E-state index contributed by atoms with van der Waals surface area (Å²) in [5, 5.41) is 7.74. The van der Waals surface area contributed by atoms with Gasteiger partial charge < -0.3 is 4.42 Å². The minimum Gasteiger partial charge on any atom is -0.408 e. The molecule has 1 N–H and O–H groups in total. The van der Waals surface area contributed by atoms with Gasteiger partial charge in [-0.3, -0.25) is 0 Å². The molecule has 3 nitrogen and oxygen atoms in total. The normalized spacial score (nSPS) is 10.4. The Morgan fingerprint density at radius 1 is 1.67 bits per heavy atom. The molecule has 0 atom stereocenters. The average molecular weight is 202 g/mol. The largest absolute Gasteiger partial charge is 0.408 e. The van der Waals surface area contributed by atoms with Gasteiger partial charge in [-0.25, -0.2) is 9.49 Å². The molecule has 0 aliphatic heterocycles. The van der Waals surface area contributed by atoms with Crippen molar-refractivity contribution in [2.45, 2.75) is 0 Å². The third kappa shape index (κ3) is 1.19. The fourth-order valence-corrected chi connectivity index (χ4v) is 1.59. The molecule has 0 saturated carbocycles. The molecule has 62 valence electrons. The van der Waals surface area contributed by atoms with Gasteiger partial charge in [-0.2, -0.15) is 0 Å². The SMILES string of the molecule is Fc1ccsc1-c1n[nH]c(=S)o1. The molecule has 0 saturated heterocycles. The second-order valence-electron chi connectivity index (χ2n) is 2.02. The van der Waals surface area contributed by atoms with Crippen LogP contribution in [0.2, 0.25) is 0 Å². The number of hydrogen-bond acceptors (Lipinski definition) is 4. The molecular formula is C6H3FN2OS2. The van der Waals surface area contributed by atoms with Crippen LogP contribution in [0.3, 0.4) is 0 Å². The van der Waals surface area contributed by atoms with Crippen LogP contribution in [0.25, 0.3) is 10.8 Å². The highest BCUT2D eigenvalue weighted by molar-refractivity contribution is 7.71. The van der Waals surface area contributed by atoms with Crippen LogP contribution in [0.15, 0.2) is 15.9 Å². The summed E-state index contributed by atoms with van der Waals surface area (Å²) < 4.78 is 17.8. The molecule has 0 radical (unpaired) electrons. The number of H-pyrrole nitrogens is 1. The van der Waals surface area contributed by atoms with E-state index < -0.39 is 0 Å². The first-order chi connectivity index (χ1) is 5.77. The lowest BCUT2D eigenvalue weighted by atomic mass is 10.4. The Bertz CT molecular complexity index is 444. The molecule has 0 aliphatic carbocycles. The van der Waals surface area contributed by atoms with Crippen molar-refractivity contribution in [3.63, 3.8) is 0 Å². The molecule has 2 aromatic rings. The number of rotatable bonds is 1. The predicted molar refractivity (Wildman–Crippen MR) is 45.0 cm³/mol. The van der Waals surface area contributed by atoms with Crippen LogP contribution >= 0.6 is 23.6 Å². The van der Waals surface area contributed by atoms with Crippen LogP contribution in [0, 0.1) is 10.7 Å². The van der Waals surface area contributed by atoms with Crippen LogP contribution in [-0.4, -0.2) is 10.2 Å². The maximum atomic E-state index is 12.9. The molecule has 2 rings (SSSR count). The Morgan fingerprint density at radius 3 is 3.00 bits per heavy atom. The van der Waals surface area contributed by atoms with Gasteiger partial charge in [0, 0.05) is 0 Å². The van der Waals surface area contributed by atoms with E-state index in [2.05, 4.69) is 22.4 Å². The number of thiophene rings is 1. The average Bonchev–Trinajstić information content (AvgIpc) is 2.58. The zero-order valence-electron chi connectivity index (χ0n) is 5.70.